The Balaban J connectivity index is 1.95. The van der Waals surface area contributed by atoms with E-state index >= 15 is 0 Å². The number of alkyl halides is 1. The van der Waals surface area contributed by atoms with Gasteiger partial charge in [0.1, 0.15) is 0 Å². The lowest BCUT2D eigenvalue weighted by Crippen LogP contribution is -2.33. The number of nitrogens with zero attached hydrogens (tertiary/aromatic N) is 3. The molecule has 0 aromatic carbocycles. The summed E-state index contributed by atoms with van der Waals surface area (Å²) in [5, 5.41) is 4.49. The van der Waals surface area contributed by atoms with Crippen molar-refractivity contribution < 1.29 is 0 Å². The van der Waals surface area contributed by atoms with Gasteiger partial charge in [0.05, 0.1) is 11.4 Å². The third-order valence-corrected chi connectivity index (χ3v) is 4.21. The molecule has 0 atom stereocenters. The molecule has 90 valence electrons. The van der Waals surface area contributed by atoms with Gasteiger partial charge < -0.3 is 0 Å². The van der Waals surface area contributed by atoms with Gasteiger partial charge in [0.25, 0.3) is 0 Å². The zero-order valence-corrected chi connectivity index (χ0v) is 11.7. The molecule has 2 heterocycles. The van der Waals surface area contributed by atoms with Crippen molar-refractivity contribution in [3.05, 3.63) is 17.5 Å². The van der Waals surface area contributed by atoms with E-state index in [4.69, 9.17) is 0 Å². The summed E-state index contributed by atoms with van der Waals surface area (Å²) in [5.74, 6) is 0. The summed E-state index contributed by atoms with van der Waals surface area (Å²) in [7, 11) is 2.05. The number of rotatable bonds is 3. The first-order chi connectivity index (χ1) is 7.69. The van der Waals surface area contributed by atoms with E-state index < -0.39 is 0 Å². The molecule has 0 N–H and O–H groups in total. The molecular formula is C12H20BrN3. The third-order valence-electron chi connectivity index (χ3n) is 3.29. The summed E-state index contributed by atoms with van der Waals surface area (Å²) >= 11 is 3.69. The monoisotopic (exact) mass is 285 g/mol. The number of hydrogen-bond acceptors (Lipinski definition) is 2. The second-order valence-corrected chi connectivity index (χ2v) is 5.85. The zero-order valence-electron chi connectivity index (χ0n) is 10.1. The fraction of sp³-hybridized carbons (Fsp3) is 0.750. The van der Waals surface area contributed by atoms with E-state index in [-0.39, 0.29) is 0 Å². The van der Waals surface area contributed by atoms with Gasteiger partial charge in [0.15, 0.2) is 0 Å². The van der Waals surface area contributed by atoms with E-state index in [0.29, 0.717) is 0 Å². The summed E-state index contributed by atoms with van der Waals surface area (Å²) in [5.41, 5.74) is 2.54. The predicted molar refractivity (Wildman–Crippen MR) is 69.8 cm³/mol. The van der Waals surface area contributed by atoms with Gasteiger partial charge >= 0.3 is 0 Å². The second-order valence-electron chi connectivity index (χ2n) is 4.55. The smallest absolute Gasteiger partial charge is 0.0625 e. The molecule has 1 saturated heterocycles. The fourth-order valence-electron chi connectivity index (χ4n) is 2.18. The Morgan fingerprint density at radius 3 is 2.69 bits per heavy atom. The van der Waals surface area contributed by atoms with Gasteiger partial charge in [-0.2, -0.15) is 5.10 Å². The Labute approximate surface area is 106 Å². The lowest BCUT2D eigenvalue weighted by Gasteiger charge is -2.29. The predicted octanol–water partition coefficient (Wildman–Crippen LogP) is 2.34. The van der Waals surface area contributed by atoms with Crippen LogP contribution in [0.1, 0.15) is 31.2 Å². The van der Waals surface area contributed by atoms with Crippen molar-refractivity contribution in [1.29, 1.82) is 0 Å². The maximum atomic E-state index is 4.49. The number of aromatic nitrogens is 2. The van der Waals surface area contributed by atoms with Crippen LogP contribution < -0.4 is 0 Å². The van der Waals surface area contributed by atoms with Crippen molar-refractivity contribution in [3.8, 4) is 0 Å². The van der Waals surface area contributed by atoms with Crippen LogP contribution in [0.5, 0.6) is 0 Å². The molecule has 1 aliphatic rings. The third kappa shape index (κ3) is 2.86. The number of halogens is 1. The van der Waals surface area contributed by atoms with Crippen molar-refractivity contribution in [3.63, 3.8) is 0 Å². The molecule has 0 spiro atoms. The second kappa shape index (κ2) is 5.32. The summed E-state index contributed by atoms with van der Waals surface area (Å²) in [6.45, 7) is 5.59. The largest absolute Gasteiger partial charge is 0.297 e. The first-order valence-electron chi connectivity index (χ1n) is 6.07. The molecule has 1 fully saturated rings. The summed E-state index contributed by atoms with van der Waals surface area (Å²) in [4.78, 5) is 3.25. The zero-order chi connectivity index (χ0) is 11.5. The first-order valence-corrected chi connectivity index (χ1v) is 6.99. The van der Waals surface area contributed by atoms with Crippen LogP contribution in [-0.4, -0.2) is 32.6 Å². The molecule has 4 heteroatoms. The average molecular weight is 286 g/mol. The number of hydrogen-bond donors (Lipinski definition) is 0. The minimum absolute atomic E-state index is 0.724. The van der Waals surface area contributed by atoms with Crippen molar-refractivity contribution >= 4 is 15.9 Å². The highest BCUT2D eigenvalue weighted by molar-refractivity contribution is 9.09. The van der Waals surface area contributed by atoms with Gasteiger partial charge in [-0.1, -0.05) is 22.9 Å². The quantitative estimate of drug-likeness (QED) is 0.795. The molecule has 0 bridgehead atoms. The Kier molecular flexibility index (Phi) is 4.03. The number of aryl methyl sites for hydroxylation is 2. The first kappa shape index (κ1) is 12.1. The van der Waals surface area contributed by atoms with Gasteiger partial charge in [-0.3, -0.25) is 9.58 Å². The number of piperidine rings is 1. The highest BCUT2D eigenvalue weighted by Crippen LogP contribution is 2.19. The molecule has 1 aliphatic heterocycles. The molecule has 16 heavy (non-hydrogen) atoms. The molecule has 0 aliphatic carbocycles. The molecule has 1 aromatic heterocycles. The Bertz CT molecular complexity index is 340. The standard InChI is InChI=1S/C12H20BrN3/c1-3-11-8-12(15(2)14-11)9-16-6-4-10(13)5-7-16/h8,10H,3-7,9H2,1-2H3. The molecular weight excluding hydrogens is 266 g/mol. The van der Waals surface area contributed by atoms with Crippen molar-refractivity contribution in [1.82, 2.24) is 14.7 Å². The van der Waals surface area contributed by atoms with E-state index in [1.165, 1.54) is 37.3 Å². The van der Waals surface area contributed by atoms with Crippen LogP contribution in [0.2, 0.25) is 0 Å². The lowest BCUT2D eigenvalue weighted by atomic mass is 10.1. The minimum Gasteiger partial charge on any atom is -0.297 e. The maximum Gasteiger partial charge on any atom is 0.0625 e. The average Bonchev–Trinajstić information content (AvgIpc) is 2.63. The summed E-state index contributed by atoms with van der Waals surface area (Å²) in [6, 6.07) is 2.24. The van der Waals surface area contributed by atoms with Crippen LogP contribution in [0.25, 0.3) is 0 Å². The van der Waals surface area contributed by atoms with Crippen LogP contribution in [0.15, 0.2) is 6.07 Å². The van der Waals surface area contributed by atoms with Gasteiger partial charge in [-0.05, 0) is 38.4 Å². The van der Waals surface area contributed by atoms with Gasteiger partial charge in [-0.15, -0.1) is 0 Å². The van der Waals surface area contributed by atoms with Gasteiger partial charge in [-0.25, -0.2) is 0 Å². The van der Waals surface area contributed by atoms with Crippen LogP contribution >= 0.6 is 15.9 Å². The van der Waals surface area contributed by atoms with E-state index in [0.717, 1.165) is 17.8 Å². The van der Waals surface area contributed by atoms with Crippen LogP contribution in [0.4, 0.5) is 0 Å². The van der Waals surface area contributed by atoms with E-state index in [1.807, 2.05) is 11.7 Å². The molecule has 3 nitrogen and oxygen atoms in total. The van der Waals surface area contributed by atoms with E-state index in [1.54, 1.807) is 0 Å². The van der Waals surface area contributed by atoms with Crippen LogP contribution in [0.3, 0.4) is 0 Å². The highest BCUT2D eigenvalue weighted by Gasteiger charge is 2.18. The van der Waals surface area contributed by atoms with Crippen LogP contribution in [0, 0.1) is 0 Å². The summed E-state index contributed by atoms with van der Waals surface area (Å²) < 4.78 is 2.03. The minimum atomic E-state index is 0.724. The molecule has 0 amide bonds. The molecule has 0 unspecified atom stereocenters. The Morgan fingerprint density at radius 2 is 2.12 bits per heavy atom. The van der Waals surface area contributed by atoms with E-state index in [9.17, 15) is 0 Å². The Morgan fingerprint density at radius 1 is 1.44 bits per heavy atom. The topological polar surface area (TPSA) is 21.1 Å². The SMILES string of the molecule is CCc1cc(CN2CCC(Br)CC2)n(C)n1. The van der Waals surface area contributed by atoms with Gasteiger partial charge in [0, 0.05) is 18.4 Å². The molecule has 2 rings (SSSR count). The van der Waals surface area contributed by atoms with E-state index in [2.05, 4.69) is 38.9 Å². The van der Waals surface area contributed by atoms with Crippen molar-refractivity contribution in [2.75, 3.05) is 13.1 Å². The van der Waals surface area contributed by atoms with Crippen molar-refractivity contribution in [2.45, 2.75) is 37.6 Å². The lowest BCUT2D eigenvalue weighted by molar-refractivity contribution is 0.221. The molecule has 0 radical (unpaired) electrons. The van der Waals surface area contributed by atoms with Crippen LogP contribution in [-0.2, 0) is 20.0 Å². The fourth-order valence-corrected chi connectivity index (χ4v) is 2.59. The highest BCUT2D eigenvalue weighted by atomic mass is 79.9. The Hall–Kier alpha value is -0.350. The van der Waals surface area contributed by atoms with Gasteiger partial charge in [0.2, 0.25) is 0 Å². The number of likely N-dealkylation sites (tertiary alicyclic amines) is 1. The molecule has 1 aromatic rings. The van der Waals surface area contributed by atoms with Crippen molar-refractivity contribution in [2.24, 2.45) is 7.05 Å². The normalized spacial score (nSPS) is 19.2. The maximum absolute atomic E-state index is 4.49. The summed E-state index contributed by atoms with van der Waals surface area (Å²) in [6.07, 6.45) is 3.55. The molecule has 0 saturated carbocycles.